The Balaban J connectivity index is 1.88. The number of para-hydroxylation sites is 1. The maximum Gasteiger partial charge on any atom is 0.258 e. The number of anilines is 1. The van der Waals surface area contributed by atoms with Gasteiger partial charge in [-0.15, -0.1) is 0 Å². The van der Waals surface area contributed by atoms with Gasteiger partial charge in [-0.25, -0.2) is 4.98 Å². The molecule has 0 unspecified atom stereocenters. The summed E-state index contributed by atoms with van der Waals surface area (Å²) >= 11 is 3.50. The van der Waals surface area contributed by atoms with E-state index in [1.807, 2.05) is 43.3 Å². The lowest BCUT2D eigenvalue weighted by molar-refractivity contribution is 0.952. The molecule has 0 amide bonds. The third-order valence-electron chi connectivity index (χ3n) is 3.23. The van der Waals surface area contributed by atoms with Crippen molar-refractivity contribution in [3.63, 3.8) is 0 Å². The quantitative estimate of drug-likeness (QED) is 0.763. The van der Waals surface area contributed by atoms with Gasteiger partial charge < -0.3 is 10.3 Å². The van der Waals surface area contributed by atoms with Crippen molar-refractivity contribution in [3.8, 4) is 0 Å². The van der Waals surface area contributed by atoms with E-state index < -0.39 is 0 Å². The van der Waals surface area contributed by atoms with E-state index in [4.69, 9.17) is 0 Å². The number of nitrogens with zero attached hydrogens (tertiary/aromatic N) is 1. The minimum atomic E-state index is -0.110. The van der Waals surface area contributed by atoms with Crippen molar-refractivity contribution in [2.24, 2.45) is 0 Å². The van der Waals surface area contributed by atoms with Crippen LogP contribution in [0.25, 0.3) is 10.9 Å². The van der Waals surface area contributed by atoms with Crippen LogP contribution in [0.1, 0.15) is 11.4 Å². The molecule has 0 spiro atoms. The van der Waals surface area contributed by atoms with Crippen LogP contribution >= 0.6 is 15.9 Å². The summed E-state index contributed by atoms with van der Waals surface area (Å²) in [5.41, 5.74) is 2.74. The number of benzene rings is 2. The molecule has 2 N–H and O–H groups in total. The first-order chi connectivity index (χ1) is 10.1. The predicted molar refractivity (Wildman–Crippen MR) is 88.6 cm³/mol. The van der Waals surface area contributed by atoms with Crippen LogP contribution < -0.4 is 10.9 Å². The topological polar surface area (TPSA) is 57.8 Å². The fraction of sp³-hybridized carbons (Fsp3) is 0.125. The normalized spacial score (nSPS) is 10.8. The summed E-state index contributed by atoms with van der Waals surface area (Å²) in [6.45, 7) is 2.50. The van der Waals surface area contributed by atoms with Crippen LogP contribution in [0.4, 0.5) is 5.69 Å². The first-order valence-corrected chi connectivity index (χ1v) is 7.41. The van der Waals surface area contributed by atoms with Crippen LogP contribution in [0.15, 0.2) is 51.7 Å². The smallest absolute Gasteiger partial charge is 0.258 e. The molecule has 0 fully saturated rings. The van der Waals surface area contributed by atoms with E-state index in [0.29, 0.717) is 23.3 Å². The van der Waals surface area contributed by atoms with Gasteiger partial charge in [-0.05, 0) is 52.7 Å². The zero-order valence-corrected chi connectivity index (χ0v) is 13.1. The fourth-order valence-electron chi connectivity index (χ4n) is 2.17. The van der Waals surface area contributed by atoms with Gasteiger partial charge in [0.25, 0.3) is 5.56 Å². The molecule has 0 saturated heterocycles. The molecule has 106 valence electrons. The van der Waals surface area contributed by atoms with Crippen molar-refractivity contribution < 1.29 is 0 Å². The molecule has 21 heavy (non-hydrogen) atoms. The summed E-state index contributed by atoms with van der Waals surface area (Å²) in [6.07, 6.45) is 0. The lowest BCUT2D eigenvalue weighted by atomic mass is 10.2. The predicted octanol–water partition coefficient (Wildman–Crippen LogP) is 3.61. The Morgan fingerprint density at radius 1 is 1.24 bits per heavy atom. The van der Waals surface area contributed by atoms with Crippen LogP contribution in [0, 0.1) is 6.92 Å². The van der Waals surface area contributed by atoms with Crippen molar-refractivity contribution in [1.82, 2.24) is 9.97 Å². The summed E-state index contributed by atoms with van der Waals surface area (Å²) in [5.74, 6) is 0.618. The Morgan fingerprint density at radius 2 is 2.05 bits per heavy atom. The van der Waals surface area contributed by atoms with E-state index in [1.54, 1.807) is 6.07 Å². The molecular formula is C16H14BrN3O. The fourth-order valence-corrected chi connectivity index (χ4v) is 2.56. The van der Waals surface area contributed by atoms with E-state index in [1.165, 1.54) is 5.56 Å². The molecule has 0 aliphatic carbocycles. The van der Waals surface area contributed by atoms with Crippen LogP contribution in [0.5, 0.6) is 0 Å². The molecular weight excluding hydrogens is 330 g/mol. The number of fused-ring (bicyclic) bond motifs is 1. The molecule has 1 aromatic heterocycles. The molecule has 5 heteroatoms. The van der Waals surface area contributed by atoms with Gasteiger partial charge in [0.1, 0.15) is 5.82 Å². The Bertz CT molecular complexity index is 858. The Labute approximate surface area is 130 Å². The molecule has 0 saturated carbocycles. The zero-order valence-electron chi connectivity index (χ0n) is 11.5. The molecule has 1 heterocycles. The van der Waals surface area contributed by atoms with Crippen molar-refractivity contribution >= 4 is 32.5 Å². The van der Waals surface area contributed by atoms with Gasteiger partial charge in [-0.1, -0.05) is 18.2 Å². The van der Waals surface area contributed by atoms with E-state index in [-0.39, 0.29) is 5.56 Å². The van der Waals surface area contributed by atoms with Gasteiger partial charge in [0.05, 0.1) is 17.4 Å². The van der Waals surface area contributed by atoms with Gasteiger partial charge in [0.15, 0.2) is 0 Å². The second kappa shape index (κ2) is 5.69. The van der Waals surface area contributed by atoms with Crippen molar-refractivity contribution in [1.29, 1.82) is 0 Å². The Morgan fingerprint density at radius 3 is 2.90 bits per heavy atom. The molecule has 0 aliphatic heterocycles. The Hall–Kier alpha value is -2.14. The zero-order chi connectivity index (χ0) is 14.8. The Kier molecular flexibility index (Phi) is 3.75. The minimum Gasteiger partial charge on any atom is -0.377 e. The highest BCUT2D eigenvalue weighted by Crippen LogP contribution is 2.23. The SMILES string of the molecule is Cc1ccc(Br)c(NCc2nc3ccccc3c(=O)[nH]2)c1. The molecule has 3 aromatic rings. The third-order valence-corrected chi connectivity index (χ3v) is 3.92. The number of aromatic nitrogens is 2. The maximum absolute atomic E-state index is 12.0. The summed E-state index contributed by atoms with van der Waals surface area (Å²) in [4.78, 5) is 19.3. The summed E-state index contributed by atoms with van der Waals surface area (Å²) in [5, 5.41) is 3.89. The first-order valence-electron chi connectivity index (χ1n) is 6.61. The number of hydrogen-bond donors (Lipinski definition) is 2. The number of aryl methyl sites for hydroxylation is 1. The van der Waals surface area contributed by atoms with Gasteiger partial charge in [0, 0.05) is 10.2 Å². The molecule has 0 aliphatic rings. The molecule has 3 rings (SSSR count). The number of aromatic amines is 1. The van der Waals surface area contributed by atoms with Gasteiger partial charge in [-0.3, -0.25) is 4.79 Å². The number of nitrogens with one attached hydrogen (secondary N) is 2. The third kappa shape index (κ3) is 2.97. The highest BCUT2D eigenvalue weighted by atomic mass is 79.9. The van der Waals surface area contributed by atoms with E-state index in [9.17, 15) is 4.79 Å². The van der Waals surface area contributed by atoms with Crippen LogP contribution in [0.3, 0.4) is 0 Å². The lowest BCUT2D eigenvalue weighted by Gasteiger charge is -2.09. The highest BCUT2D eigenvalue weighted by Gasteiger charge is 2.04. The number of H-pyrrole nitrogens is 1. The van der Waals surface area contributed by atoms with Crippen molar-refractivity contribution in [2.45, 2.75) is 13.5 Å². The summed E-state index contributed by atoms with van der Waals surface area (Å²) in [7, 11) is 0. The largest absolute Gasteiger partial charge is 0.377 e. The van der Waals surface area contributed by atoms with Crippen molar-refractivity contribution in [2.75, 3.05) is 5.32 Å². The molecule has 2 aromatic carbocycles. The van der Waals surface area contributed by atoms with Gasteiger partial charge in [-0.2, -0.15) is 0 Å². The van der Waals surface area contributed by atoms with E-state index >= 15 is 0 Å². The first kappa shape index (κ1) is 13.8. The van der Waals surface area contributed by atoms with Crippen LogP contribution in [0.2, 0.25) is 0 Å². The van der Waals surface area contributed by atoms with Gasteiger partial charge in [0.2, 0.25) is 0 Å². The molecule has 4 nitrogen and oxygen atoms in total. The number of halogens is 1. The van der Waals surface area contributed by atoms with E-state index in [0.717, 1.165) is 10.2 Å². The number of hydrogen-bond acceptors (Lipinski definition) is 3. The molecule has 0 bridgehead atoms. The van der Waals surface area contributed by atoms with E-state index in [2.05, 4.69) is 31.2 Å². The van der Waals surface area contributed by atoms with Crippen molar-refractivity contribution in [3.05, 3.63) is 68.7 Å². The lowest BCUT2D eigenvalue weighted by Crippen LogP contribution is -2.14. The molecule has 0 atom stereocenters. The van der Waals surface area contributed by atoms with Crippen LogP contribution in [-0.2, 0) is 6.54 Å². The second-order valence-corrected chi connectivity index (χ2v) is 5.72. The van der Waals surface area contributed by atoms with Crippen LogP contribution in [-0.4, -0.2) is 9.97 Å². The monoisotopic (exact) mass is 343 g/mol. The summed E-state index contributed by atoms with van der Waals surface area (Å²) in [6, 6.07) is 13.4. The second-order valence-electron chi connectivity index (χ2n) is 4.87. The summed E-state index contributed by atoms with van der Waals surface area (Å²) < 4.78 is 0.983. The standard InChI is InChI=1S/C16H14BrN3O/c1-10-6-7-12(17)14(8-10)18-9-15-19-13-5-3-2-4-11(13)16(21)20-15/h2-8,18H,9H2,1H3,(H,19,20,21). The van der Waals surface area contributed by atoms with Gasteiger partial charge >= 0.3 is 0 Å². The molecule has 0 radical (unpaired) electrons. The highest BCUT2D eigenvalue weighted by molar-refractivity contribution is 9.10. The average Bonchev–Trinajstić information content (AvgIpc) is 2.48. The maximum atomic E-state index is 12.0. The number of rotatable bonds is 3. The average molecular weight is 344 g/mol. The minimum absolute atomic E-state index is 0.110.